The van der Waals surface area contributed by atoms with Crippen LogP contribution >= 0.6 is 0 Å². The summed E-state index contributed by atoms with van der Waals surface area (Å²) in [6.07, 6.45) is 0. The third-order valence-corrected chi connectivity index (χ3v) is 11.8. The van der Waals surface area contributed by atoms with E-state index in [0.717, 1.165) is 99.5 Å². The van der Waals surface area contributed by atoms with Crippen LogP contribution in [0.15, 0.2) is 191 Å². The van der Waals surface area contributed by atoms with Gasteiger partial charge in [0.1, 0.15) is 11.2 Å². The van der Waals surface area contributed by atoms with Crippen LogP contribution < -0.4 is 9.80 Å². The highest BCUT2D eigenvalue weighted by Gasteiger charge is 2.23. The van der Waals surface area contributed by atoms with E-state index in [4.69, 9.17) is 8.83 Å². The molecular weight excluding hydrogens is 737 g/mol. The van der Waals surface area contributed by atoms with Crippen LogP contribution in [0, 0.1) is 22.7 Å². The van der Waals surface area contributed by atoms with Crippen molar-refractivity contribution in [3.63, 3.8) is 0 Å². The molecule has 60 heavy (non-hydrogen) atoms. The Kier molecular flexibility index (Phi) is 7.26. The third-order valence-electron chi connectivity index (χ3n) is 11.8. The van der Waals surface area contributed by atoms with Crippen molar-refractivity contribution in [3.8, 4) is 12.1 Å². The van der Waals surface area contributed by atoms with Crippen molar-refractivity contribution in [1.29, 1.82) is 10.5 Å². The highest BCUT2D eigenvalue weighted by atomic mass is 16.3. The number of fused-ring (bicyclic) bond motifs is 6. The van der Waals surface area contributed by atoms with Crippen LogP contribution in [0.4, 0.5) is 34.1 Å². The summed E-state index contributed by atoms with van der Waals surface area (Å²) >= 11 is 0. The lowest BCUT2D eigenvalue weighted by Gasteiger charge is -2.27. The summed E-state index contributed by atoms with van der Waals surface area (Å²) in [5.74, 6) is 0. The fraction of sp³-hybridized carbons (Fsp3) is 0. The van der Waals surface area contributed by atoms with Crippen molar-refractivity contribution in [2.45, 2.75) is 0 Å². The van der Waals surface area contributed by atoms with E-state index in [0.29, 0.717) is 11.1 Å². The molecule has 0 aliphatic carbocycles. The average molecular weight is 767 g/mol. The minimum atomic E-state index is 0.600. The molecule has 2 aromatic heterocycles. The van der Waals surface area contributed by atoms with Crippen LogP contribution in [0.2, 0.25) is 0 Å². The summed E-state index contributed by atoms with van der Waals surface area (Å²) in [5.41, 5.74) is 10.1. The van der Waals surface area contributed by atoms with Gasteiger partial charge < -0.3 is 18.6 Å². The largest absolute Gasteiger partial charge is 0.454 e. The first kappa shape index (κ1) is 33.5. The number of nitrogens with zero attached hydrogens (tertiary/aromatic N) is 4. The van der Waals surface area contributed by atoms with E-state index in [1.807, 2.05) is 84.9 Å². The molecule has 2 heterocycles. The number of nitriles is 2. The second-order valence-corrected chi connectivity index (χ2v) is 15.2. The summed E-state index contributed by atoms with van der Waals surface area (Å²) in [4.78, 5) is 4.46. The van der Waals surface area contributed by atoms with Crippen molar-refractivity contribution in [2.24, 2.45) is 0 Å². The molecule has 0 atom stereocenters. The Labute approximate surface area is 343 Å². The van der Waals surface area contributed by atoms with Gasteiger partial charge in [-0.25, -0.2) is 0 Å². The Morgan fingerprint density at radius 2 is 0.717 bits per heavy atom. The molecule has 0 spiro atoms. The molecule has 0 saturated carbocycles. The van der Waals surface area contributed by atoms with E-state index >= 15 is 0 Å². The summed E-state index contributed by atoms with van der Waals surface area (Å²) in [7, 11) is 0. The number of benzene rings is 10. The van der Waals surface area contributed by atoms with Gasteiger partial charge in [-0.15, -0.1) is 0 Å². The number of para-hydroxylation sites is 4. The fourth-order valence-corrected chi connectivity index (χ4v) is 9.10. The maximum absolute atomic E-state index is 9.65. The molecule has 12 rings (SSSR count). The lowest BCUT2D eigenvalue weighted by atomic mass is 9.92. The summed E-state index contributed by atoms with van der Waals surface area (Å²) in [5, 5.41) is 30.3. The number of hydrogen-bond donors (Lipinski definition) is 0. The zero-order valence-corrected chi connectivity index (χ0v) is 31.9. The summed E-state index contributed by atoms with van der Waals surface area (Å²) in [6, 6.07) is 66.6. The van der Waals surface area contributed by atoms with Gasteiger partial charge in [0.2, 0.25) is 0 Å². The lowest BCUT2D eigenvalue weighted by Crippen LogP contribution is -2.11. The molecule has 6 heteroatoms. The van der Waals surface area contributed by atoms with Gasteiger partial charge >= 0.3 is 0 Å². The van der Waals surface area contributed by atoms with Gasteiger partial charge in [-0.05, 0) is 129 Å². The maximum atomic E-state index is 9.65. The first-order valence-electron chi connectivity index (χ1n) is 19.8. The highest BCUT2D eigenvalue weighted by Crippen LogP contribution is 2.48. The van der Waals surface area contributed by atoms with E-state index in [2.05, 4.69) is 119 Å². The van der Waals surface area contributed by atoms with Crippen molar-refractivity contribution < 1.29 is 8.83 Å². The Morgan fingerprint density at radius 1 is 0.350 bits per heavy atom. The van der Waals surface area contributed by atoms with Crippen molar-refractivity contribution in [2.75, 3.05) is 9.80 Å². The Hall–Kier alpha value is -8.58. The molecule has 0 bridgehead atoms. The quantitative estimate of drug-likeness (QED) is 0.157. The molecule has 0 fully saturated rings. The second-order valence-electron chi connectivity index (χ2n) is 15.2. The minimum absolute atomic E-state index is 0.600. The second kappa shape index (κ2) is 13.0. The van der Waals surface area contributed by atoms with Crippen LogP contribution in [-0.2, 0) is 0 Å². The SMILES string of the molecule is N#Cc1ccc(N(c2cc3ccc4cc(N(c5ccc(C#N)cc5)c5cccc6c5oc5ccccc56)cc5ccc(c2)c3c45)c2cccc3c2oc2ccccc23)cc1. The topological polar surface area (TPSA) is 80.3 Å². The summed E-state index contributed by atoms with van der Waals surface area (Å²) < 4.78 is 13.2. The smallest absolute Gasteiger partial charge is 0.159 e. The molecule has 10 aromatic carbocycles. The van der Waals surface area contributed by atoms with E-state index < -0.39 is 0 Å². The Bertz CT molecular complexity index is 3440. The molecular formula is C54H30N4O2. The first-order chi connectivity index (χ1) is 29.6. The van der Waals surface area contributed by atoms with Crippen molar-refractivity contribution in [3.05, 3.63) is 193 Å². The molecule has 0 aliphatic rings. The number of rotatable bonds is 6. The first-order valence-corrected chi connectivity index (χ1v) is 19.8. The molecule has 0 saturated heterocycles. The van der Waals surface area contributed by atoms with E-state index in [1.165, 1.54) is 10.8 Å². The molecule has 0 N–H and O–H groups in total. The van der Waals surface area contributed by atoms with Gasteiger partial charge in [0, 0.05) is 44.3 Å². The average Bonchev–Trinajstić information content (AvgIpc) is 3.88. The molecule has 6 nitrogen and oxygen atoms in total. The van der Waals surface area contributed by atoms with Gasteiger partial charge in [-0.3, -0.25) is 0 Å². The predicted molar refractivity (Wildman–Crippen MR) is 243 cm³/mol. The monoisotopic (exact) mass is 766 g/mol. The van der Waals surface area contributed by atoms with Crippen LogP contribution in [0.3, 0.4) is 0 Å². The molecule has 0 aliphatic heterocycles. The molecule has 12 aromatic rings. The maximum Gasteiger partial charge on any atom is 0.159 e. The zero-order chi connectivity index (χ0) is 39.9. The van der Waals surface area contributed by atoms with Gasteiger partial charge in [-0.2, -0.15) is 10.5 Å². The molecule has 278 valence electrons. The highest BCUT2D eigenvalue weighted by molar-refractivity contribution is 6.25. The number of hydrogen-bond acceptors (Lipinski definition) is 6. The normalized spacial score (nSPS) is 11.6. The minimum Gasteiger partial charge on any atom is -0.454 e. The zero-order valence-electron chi connectivity index (χ0n) is 31.9. The standard InChI is InChI=1S/C54H30N4O2/c55-31-33-15-23-39(24-16-33)57(47-11-5-9-45-43-7-1-3-13-49(43)59-53(45)47)41-27-35-19-21-37-29-42(30-38-22-20-36(28-41)51(35)52(37)38)58(40-25-17-34(32-56)18-26-40)48-12-6-10-46-44-8-2-4-14-50(44)60-54(46)48/h1-30H. The van der Waals surface area contributed by atoms with Crippen LogP contribution in [0.5, 0.6) is 0 Å². The van der Waals surface area contributed by atoms with Gasteiger partial charge in [-0.1, -0.05) is 84.9 Å². The van der Waals surface area contributed by atoms with E-state index in [-0.39, 0.29) is 0 Å². The fourth-order valence-electron chi connectivity index (χ4n) is 9.10. The van der Waals surface area contributed by atoms with Crippen LogP contribution in [-0.4, -0.2) is 0 Å². The van der Waals surface area contributed by atoms with Crippen LogP contribution in [0.25, 0.3) is 76.2 Å². The van der Waals surface area contributed by atoms with E-state index in [9.17, 15) is 10.5 Å². The van der Waals surface area contributed by atoms with Gasteiger partial charge in [0.05, 0.1) is 34.6 Å². The number of furan rings is 2. The van der Waals surface area contributed by atoms with Crippen molar-refractivity contribution >= 4 is 110 Å². The van der Waals surface area contributed by atoms with Crippen molar-refractivity contribution in [1.82, 2.24) is 0 Å². The molecule has 0 unspecified atom stereocenters. The molecule has 0 radical (unpaired) electrons. The Balaban J connectivity index is 1.05. The van der Waals surface area contributed by atoms with Crippen LogP contribution in [0.1, 0.15) is 11.1 Å². The van der Waals surface area contributed by atoms with E-state index in [1.54, 1.807) is 0 Å². The third kappa shape index (κ3) is 5.05. The summed E-state index contributed by atoms with van der Waals surface area (Å²) in [6.45, 7) is 0. The predicted octanol–water partition coefficient (Wildman–Crippen LogP) is 15.1. The molecule has 0 amide bonds. The Morgan fingerprint density at radius 3 is 1.10 bits per heavy atom. The number of anilines is 6. The van der Waals surface area contributed by atoms with Gasteiger partial charge in [0.25, 0.3) is 0 Å². The lowest BCUT2D eigenvalue weighted by molar-refractivity contribution is 0.668. The van der Waals surface area contributed by atoms with Gasteiger partial charge in [0.15, 0.2) is 11.2 Å².